The van der Waals surface area contributed by atoms with E-state index in [0.717, 1.165) is 48.2 Å². The number of nitrogens with one attached hydrogen (secondary N) is 2. The molecule has 178 valence electrons. The molecule has 0 radical (unpaired) electrons. The number of aromatic nitrogens is 1. The lowest BCUT2D eigenvalue weighted by molar-refractivity contribution is 0.0520. The predicted molar refractivity (Wildman–Crippen MR) is 137 cm³/mol. The van der Waals surface area contributed by atoms with Gasteiger partial charge >= 0.3 is 0 Å². The largest absolute Gasteiger partial charge is 0.349 e. The number of amides is 2. The Morgan fingerprint density at radius 3 is 2.38 bits per heavy atom. The summed E-state index contributed by atoms with van der Waals surface area (Å²) in [6, 6.07) is 14.2. The van der Waals surface area contributed by atoms with Crippen LogP contribution in [0.1, 0.15) is 64.1 Å². The van der Waals surface area contributed by atoms with E-state index >= 15 is 0 Å². The number of rotatable bonds is 4. The van der Waals surface area contributed by atoms with Crippen molar-refractivity contribution in [3.05, 3.63) is 64.8 Å². The van der Waals surface area contributed by atoms with Crippen LogP contribution in [0.25, 0.3) is 10.9 Å². The first-order valence-electron chi connectivity index (χ1n) is 12.5. The van der Waals surface area contributed by atoms with Crippen LogP contribution in [0.3, 0.4) is 0 Å². The Morgan fingerprint density at radius 1 is 0.912 bits per heavy atom. The number of benzene rings is 2. The van der Waals surface area contributed by atoms with Crippen molar-refractivity contribution in [2.45, 2.75) is 52.0 Å². The molecule has 0 spiro atoms. The van der Waals surface area contributed by atoms with E-state index in [9.17, 15) is 9.59 Å². The Bertz CT molecular complexity index is 1200. The zero-order chi connectivity index (χ0) is 23.7. The summed E-state index contributed by atoms with van der Waals surface area (Å²) in [6.07, 6.45) is 6.56. The zero-order valence-electron chi connectivity index (χ0n) is 20.2. The Hall–Kier alpha value is -3.12. The Morgan fingerprint density at radius 2 is 1.65 bits per heavy atom. The van der Waals surface area contributed by atoms with Crippen LogP contribution in [0.2, 0.25) is 0 Å². The van der Waals surface area contributed by atoms with Crippen molar-refractivity contribution in [1.82, 2.24) is 14.8 Å². The quantitative estimate of drug-likeness (QED) is 0.570. The van der Waals surface area contributed by atoms with E-state index in [0.29, 0.717) is 23.0 Å². The smallest absolute Gasteiger partial charge is 0.272 e. The summed E-state index contributed by atoms with van der Waals surface area (Å²) in [5, 5.41) is 3.92. The summed E-state index contributed by atoms with van der Waals surface area (Å²) in [4.78, 5) is 34.6. The van der Waals surface area contributed by atoms with Crippen molar-refractivity contribution in [2.24, 2.45) is 0 Å². The highest BCUT2D eigenvalue weighted by molar-refractivity contribution is 6.15. The molecule has 1 aliphatic carbocycles. The number of carbonyl (C=O) groups excluding carboxylic acids is 2. The number of fused-ring (bicyclic) bond motifs is 1. The summed E-state index contributed by atoms with van der Waals surface area (Å²) in [5.74, 6) is -0.251. The highest BCUT2D eigenvalue weighted by Crippen LogP contribution is 2.31. The Balaban J connectivity index is 1.39. The average Bonchev–Trinajstić information content (AvgIpc) is 3.21. The molecule has 1 saturated heterocycles. The van der Waals surface area contributed by atoms with Crippen molar-refractivity contribution < 1.29 is 9.59 Å². The van der Waals surface area contributed by atoms with Gasteiger partial charge in [0, 0.05) is 48.7 Å². The van der Waals surface area contributed by atoms with Gasteiger partial charge in [0.15, 0.2) is 0 Å². The fraction of sp³-hybridized carbons (Fsp3) is 0.429. The minimum absolute atomic E-state index is 0.0447. The number of hydrogen-bond donors (Lipinski definition) is 2. The molecule has 6 heteroatoms. The molecule has 2 aliphatic rings. The van der Waals surface area contributed by atoms with Crippen LogP contribution in [0.15, 0.2) is 42.5 Å². The van der Waals surface area contributed by atoms with Gasteiger partial charge in [0.1, 0.15) is 5.69 Å². The summed E-state index contributed by atoms with van der Waals surface area (Å²) < 4.78 is 0. The van der Waals surface area contributed by atoms with Gasteiger partial charge in [0.2, 0.25) is 0 Å². The Labute approximate surface area is 201 Å². The van der Waals surface area contributed by atoms with Gasteiger partial charge in [-0.25, -0.2) is 0 Å². The molecule has 0 bridgehead atoms. The molecule has 2 heterocycles. The Kier molecular flexibility index (Phi) is 6.42. The van der Waals surface area contributed by atoms with Crippen molar-refractivity contribution in [3.8, 4) is 0 Å². The predicted octanol–water partition coefficient (Wildman–Crippen LogP) is 5.13. The van der Waals surface area contributed by atoms with Crippen molar-refractivity contribution in [3.63, 3.8) is 0 Å². The fourth-order valence-corrected chi connectivity index (χ4v) is 5.46. The third-order valence-electron chi connectivity index (χ3n) is 7.38. The highest BCUT2D eigenvalue weighted by Gasteiger charge is 2.30. The van der Waals surface area contributed by atoms with Crippen molar-refractivity contribution in [1.29, 1.82) is 0 Å². The molecular formula is C28H34N4O2. The molecule has 2 aromatic carbocycles. The maximum atomic E-state index is 13.7. The molecule has 34 heavy (non-hydrogen) atoms. The second kappa shape index (κ2) is 9.63. The van der Waals surface area contributed by atoms with Crippen LogP contribution in [0.5, 0.6) is 0 Å². The van der Waals surface area contributed by atoms with Gasteiger partial charge in [0.05, 0.1) is 5.69 Å². The molecule has 3 aromatic rings. The normalized spacial score (nSPS) is 17.8. The number of nitrogens with zero attached hydrogens (tertiary/aromatic N) is 2. The van der Waals surface area contributed by atoms with Crippen LogP contribution >= 0.6 is 0 Å². The molecule has 2 amide bonds. The molecule has 1 saturated carbocycles. The minimum atomic E-state index is -0.206. The van der Waals surface area contributed by atoms with E-state index in [1.807, 2.05) is 55.1 Å². The molecule has 0 atom stereocenters. The third kappa shape index (κ3) is 4.60. The molecular weight excluding hydrogens is 424 g/mol. The summed E-state index contributed by atoms with van der Waals surface area (Å²) in [6.45, 7) is 7.25. The number of aromatic amines is 1. The molecule has 1 aliphatic heterocycles. The van der Waals surface area contributed by atoms with E-state index in [1.54, 1.807) is 6.07 Å². The molecule has 6 nitrogen and oxygen atoms in total. The van der Waals surface area contributed by atoms with Gasteiger partial charge in [-0.3, -0.25) is 14.5 Å². The highest BCUT2D eigenvalue weighted by atomic mass is 16.2. The summed E-state index contributed by atoms with van der Waals surface area (Å²) in [5.41, 5.74) is 4.58. The molecule has 2 N–H and O–H groups in total. The monoisotopic (exact) mass is 458 g/mol. The lowest BCUT2D eigenvalue weighted by atomic mass is 9.94. The van der Waals surface area contributed by atoms with Gasteiger partial charge in [-0.05, 0) is 51.0 Å². The standard InChI is InChI=1S/C28H34N4O2/c1-19-7-6-8-21(17-19)27(33)30-25-23-18-20(2)11-12-24(23)29-26(25)28(34)32-15-13-31(14-16-32)22-9-4-3-5-10-22/h6-8,11-12,17-18,22,29H,3-5,9-10,13-16H2,1-2H3,(H,30,33). The van der Waals surface area contributed by atoms with Crippen LogP contribution < -0.4 is 5.32 Å². The molecule has 2 fully saturated rings. The van der Waals surface area contributed by atoms with Gasteiger partial charge < -0.3 is 15.2 Å². The summed E-state index contributed by atoms with van der Waals surface area (Å²) >= 11 is 0. The summed E-state index contributed by atoms with van der Waals surface area (Å²) in [7, 11) is 0. The van der Waals surface area contributed by atoms with Gasteiger partial charge in [-0.1, -0.05) is 48.6 Å². The number of hydrogen-bond acceptors (Lipinski definition) is 3. The number of aryl methyl sites for hydroxylation is 2. The lowest BCUT2D eigenvalue weighted by Gasteiger charge is -2.40. The average molecular weight is 459 g/mol. The number of piperazine rings is 1. The van der Waals surface area contributed by atoms with Crippen LogP contribution in [-0.4, -0.2) is 58.8 Å². The van der Waals surface area contributed by atoms with E-state index in [1.165, 1.54) is 32.1 Å². The number of H-pyrrole nitrogens is 1. The maximum absolute atomic E-state index is 13.7. The van der Waals surface area contributed by atoms with Gasteiger partial charge in [-0.2, -0.15) is 0 Å². The van der Waals surface area contributed by atoms with Crippen LogP contribution in [0.4, 0.5) is 5.69 Å². The second-order valence-corrected chi connectivity index (χ2v) is 9.87. The first-order chi connectivity index (χ1) is 16.5. The van der Waals surface area contributed by atoms with Crippen LogP contribution in [0, 0.1) is 13.8 Å². The first kappa shape index (κ1) is 22.7. The first-order valence-corrected chi connectivity index (χ1v) is 12.5. The molecule has 5 rings (SSSR count). The van der Waals surface area contributed by atoms with E-state index in [-0.39, 0.29) is 11.8 Å². The van der Waals surface area contributed by atoms with Crippen molar-refractivity contribution >= 4 is 28.4 Å². The van der Waals surface area contributed by atoms with Crippen LogP contribution in [-0.2, 0) is 0 Å². The lowest BCUT2D eigenvalue weighted by Crippen LogP contribution is -2.52. The SMILES string of the molecule is Cc1cccc(C(=O)Nc2c(C(=O)N3CCN(C4CCCCC4)CC3)[nH]c3ccc(C)cc23)c1. The fourth-order valence-electron chi connectivity index (χ4n) is 5.46. The maximum Gasteiger partial charge on any atom is 0.272 e. The third-order valence-corrected chi connectivity index (χ3v) is 7.38. The topological polar surface area (TPSA) is 68.4 Å². The number of anilines is 1. The molecule has 1 aromatic heterocycles. The van der Waals surface area contributed by atoms with Crippen molar-refractivity contribution in [2.75, 3.05) is 31.5 Å². The van der Waals surface area contributed by atoms with E-state index in [2.05, 4.69) is 15.2 Å². The molecule has 0 unspecified atom stereocenters. The number of carbonyl (C=O) groups is 2. The minimum Gasteiger partial charge on any atom is -0.349 e. The zero-order valence-corrected chi connectivity index (χ0v) is 20.2. The van der Waals surface area contributed by atoms with E-state index < -0.39 is 0 Å². The van der Waals surface area contributed by atoms with E-state index in [4.69, 9.17) is 0 Å². The van der Waals surface area contributed by atoms with Gasteiger partial charge in [-0.15, -0.1) is 0 Å². The second-order valence-electron chi connectivity index (χ2n) is 9.87. The van der Waals surface area contributed by atoms with Gasteiger partial charge in [0.25, 0.3) is 11.8 Å².